The van der Waals surface area contributed by atoms with Crippen molar-refractivity contribution in [3.8, 4) is 5.75 Å². The van der Waals surface area contributed by atoms with Gasteiger partial charge in [0, 0.05) is 12.8 Å². The van der Waals surface area contributed by atoms with E-state index in [0.29, 0.717) is 12.8 Å². The summed E-state index contributed by atoms with van der Waals surface area (Å²) in [4.78, 5) is 0. The molecule has 0 unspecified atom stereocenters. The smallest absolute Gasteiger partial charge is 0.120 e. The van der Waals surface area contributed by atoms with Crippen LogP contribution in [-0.2, 0) is 18.4 Å². The molecule has 0 saturated heterocycles. The molecule has 0 bridgehead atoms. The van der Waals surface area contributed by atoms with Gasteiger partial charge in [-0.3, -0.25) is 0 Å². The van der Waals surface area contributed by atoms with Gasteiger partial charge in [-0.15, -0.1) is 0 Å². The van der Waals surface area contributed by atoms with Gasteiger partial charge in [-0.1, -0.05) is 36.4 Å². The lowest BCUT2D eigenvalue weighted by molar-refractivity contribution is 0.0478. The third-order valence-electron chi connectivity index (χ3n) is 3.83. The minimum Gasteiger partial charge on any atom is -0.491 e. The van der Waals surface area contributed by atoms with Gasteiger partial charge in [0.15, 0.2) is 0 Å². The van der Waals surface area contributed by atoms with Crippen LogP contribution < -0.4 is 4.74 Å². The van der Waals surface area contributed by atoms with Crippen molar-refractivity contribution < 1.29 is 9.84 Å². The number of hydrogen-bond acceptors (Lipinski definition) is 2. The first-order chi connectivity index (χ1) is 9.57. The van der Waals surface area contributed by atoms with Crippen molar-refractivity contribution in [2.24, 2.45) is 0 Å². The molecular weight excluding hydrogens is 248 g/mol. The first-order valence-corrected chi connectivity index (χ1v) is 7.13. The van der Waals surface area contributed by atoms with Crippen LogP contribution in [0.15, 0.2) is 48.5 Å². The molecular formula is C18H20O2. The van der Waals surface area contributed by atoms with Crippen LogP contribution in [0.2, 0.25) is 0 Å². The van der Waals surface area contributed by atoms with Gasteiger partial charge in [0.25, 0.3) is 0 Å². The molecule has 2 aromatic rings. The van der Waals surface area contributed by atoms with E-state index in [4.69, 9.17) is 4.74 Å². The zero-order valence-corrected chi connectivity index (χ0v) is 12.0. The van der Waals surface area contributed by atoms with Gasteiger partial charge < -0.3 is 9.84 Å². The molecule has 104 valence electrons. The predicted molar refractivity (Wildman–Crippen MR) is 80.0 cm³/mol. The zero-order chi connectivity index (χ0) is 14.2. The van der Waals surface area contributed by atoms with E-state index in [9.17, 15) is 5.11 Å². The molecule has 2 heteroatoms. The maximum absolute atomic E-state index is 11.0. The van der Waals surface area contributed by atoms with E-state index in [-0.39, 0.29) is 6.10 Å². The zero-order valence-electron chi connectivity index (χ0n) is 12.0. The fourth-order valence-electron chi connectivity index (χ4n) is 2.93. The van der Waals surface area contributed by atoms with E-state index in [1.807, 2.05) is 50.2 Å². The van der Waals surface area contributed by atoms with E-state index in [1.165, 1.54) is 11.1 Å². The van der Waals surface area contributed by atoms with Crippen molar-refractivity contribution >= 4 is 0 Å². The third kappa shape index (κ3) is 2.44. The Morgan fingerprint density at radius 1 is 1.00 bits per heavy atom. The highest BCUT2D eigenvalue weighted by Gasteiger charge is 2.36. The lowest BCUT2D eigenvalue weighted by Crippen LogP contribution is -2.26. The summed E-state index contributed by atoms with van der Waals surface area (Å²) in [7, 11) is 0. The number of benzene rings is 2. The summed E-state index contributed by atoms with van der Waals surface area (Å²) in [6, 6.07) is 16.1. The molecule has 0 radical (unpaired) electrons. The number of rotatable bonds is 3. The molecule has 1 aliphatic rings. The number of fused-ring (bicyclic) bond motifs is 1. The summed E-state index contributed by atoms with van der Waals surface area (Å²) in [6.07, 6.45) is 1.49. The van der Waals surface area contributed by atoms with Gasteiger partial charge in [0.2, 0.25) is 0 Å². The van der Waals surface area contributed by atoms with Gasteiger partial charge in [0.1, 0.15) is 5.75 Å². The van der Waals surface area contributed by atoms with Crippen LogP contribution in [-0.4, -0.2) is 11.2 Å². The largest absolute Gasteiger partial charge is 0.491 e. The SMILES string of the molecule is CC(C)Oc1cccc(C2(O)Cc3ccccc3C2)c1. The molecule has 0 atom stereocenters. The van der Waals surface area contributed by atoms with Gasteiger partial charge in [-0.05, 0) is 42.7 Å². The number of hydrogen-bond donors (Lipinski definition) is 1. The molecule has 3 rings (SSSR count). The first-order valence-electron chi connectivity index (χ1n) is 7.13. The second kappa shape index (κ2) is 4.95. The van der Waals surface area contributed by atoms with E-state index < -0.39 is 5.60 Å². The Hall–Kier alpha value is -1.80. The van der Waals surface area contributed by atoms with Gasteiger partial charge >= 0.3 is 0 Å². The number of aliphatic hydroxyl groups is 1. The Kier molecular flexibility index (Phi) is 3.27. The lowest BCUT2D eigenvalue weighted by atomic mass is 9.91. The Balaban J connectivity index is 1.90. The van der Waals surface area contributed by atoms with Crippen molar-refractivity contribution in [2.45, 2.75) is 38.4 Å². The number of ether oxygens (including phenoxy) is 1. The van der Waals surface area contributed by atoms with Crippen molar-refractivity contribution in [1.82, 2.24) is 0 Å². The topological polar surface area (TPSA) is 29.5 Å². The maximum Gasteiger partial charge on any atom is 0.120 e. The highest BCUT2D eigenvalue weighted by Crippen LogP contribution is 2.38. The Bertz CT molecular complexity index is 591. The van der Waals surface area contributed by atoms with Crippen LogP contribution >= 0.6 is 0 Å². The van der Waals surface area contributed by atoms with E-state index >= 15 is 0 Å². The van der Waals surface area contributed by atoms with Crippen LogP contribution in [0.3, 0.4) is 0 Å². The molecule has 1 aliphatic carbocycles. The van der Waals surface area contributed by atoms with E-state index in [2.05, 4.69) is 12.1 Å². The minimum atomic E-state index is -0.806. The summed E-state index contributed by atoms with van der Waals surface area (Å²) in [5, 5.41) is 11.0. The molecule has 2 aromatic carbocycles. The van der Waals surface area contributed by atoms with Crippen LogP contribution in [0.5, 0.6) is 5.75 Å². The molecule has 0 fully saturated rings. The van der Waals surface area contributed by atoms with Gasteiger partial charge in [0.05, 0.1) is 11.7 Å². The quantitative estimate of drug-likeness (QED) is 0.923. The lowest BCUT2D eigenvalue weighted by Gasteiger charge is -2.23. The molecule has 2 nitrogen and oxygen atoms in total. The fraction of sp³-hybridized carbons (Fsp3) is 0.333. The minimum absolute atomic E-state index is 0.140. The van der Waals surface area contributed by atoms with Gasteiger partial charge in [-0.2, -0.15) is 0 Å². The summed E-state index contributed by atoms with van der Waals surface area (Å²) < 4.78 is 5.73. The van der Waals surface area contributed by atoms with Crippen LogP contribution in [0.25, 0.3) is 0 Å². The molecule has 0 amide bonds. The van der Waals surface area contributed by atoms with Crippen LogP contribution in [0.1, 0.15) is 30.5 Å². The Morgan fingerprint density at radius 3 is 2.25 bits per heavy atom. The average Bonchev–Trinajstić information content (AvgIpc) is 2.76. The first kappa shape index (κ1) is 13.2. The summed E-state index contributed by atoms with van der Waals surface area (Å²) >= 11 is 0. The van der Waals surface area contributed by atoms with Crippen molar-refractivity contribution in [3.05, 3.63) is 65.2 Å². The fourth-order valence-corrected chi connectivity index (χ4v) is 2.93. The third-order valence-corrected chi connectivity index (χ3v) is 3.83. The summed E-state index contributed by atoms with van der Waals surface area (Å²) in [6.45, 7) is 4.01. The molecule has 0 heterocycles. The maximum atomic E-state index is 11.0. The highest BCUT2D eigenvalue weighted by atomic mass is 16.5. The standard InChI is InChI=1S/C18H20O2/c1-13(2)20-17-9-5-8-16(10-17)18(19)11-14-6-3-4-7-15(14)12-18/h3-10,13,19H,11-12H2,1-2H3. The van der Waals surface area contributed by atoms with Crippen molar-refractivity contribution in [1.29, 1.82) is 0 Å². The molecule has 20 heavy (non-hydrogen) atoms. The average molecular weight is 268 g/mol. The summed E-state index contributed by atoms with van der Waals surface area (Å²) in [5.74, 6) is 0.821. The molecule has 0 aromatic heterocycles. The van der Waals surface area contributed by atoms with Gasteiger partial charge in [-0.25, -0.2) is 0 Å². The monoisotopic (exact) mass is 268 g/mol. The Morgan fingerprint density at radius 2 is 1.65 bits per heavy atom. The Labute approximate surface area is 120 Å². The van der Waals surface area contributed by atoms with E-state index in [0.717, 1.165) is 11.3 Å². The predicted octanol–water partition coefficient (Wildman–Crippen LogP) is 3.46. The van der Waals surface area contributed by atoms with E-state index in [1.54, 1.807) is 0 Å². The normalized spacial score (nSPS) is 16.2. The molecule has 0 aliphatic heterocycles. The molecule has 0 spiro atoms. The van der Waals surface area contributed by atoms with Crippen LogP contribution in [0, 0.1) is 0 Å². The molecule has 0 saturated carbocycles. The highest BCUT2D eigenvalue weighted by molar-refractivity contribution is 5.42. The summed E-state index contributed by atoms with van der Waals surface area (Å²) in [5.41, 5.74) is 2.61. The molecule has 1 N–H and O–H groups in total. The second-order valence-corrected chi connectivity index (χ2v) is 5.85. The van der Waals surface area contributed by atoms with Crippen molar-refractivity contribution in [2.75, 3.05) is 0 Å². The van der Waals surface area contributed by atoms with Crippen LogP contribution in [0.4, 0.5) is 0 Å². The van der Waals surface area contributed by atoms with Crippen molar-refractivity contribution in [3.63, 3.8) is 0 Å². The second-order valence-electron chi connectivity index (χ2n) is 5.85.